The van der Waals surface area contributed by atoms with E-state index in [9.17, 15) is 0 Å². The van der Waals surface area contributed by atoms with Crippen molar-refractivity contribution in [2.24, 2.45) is 0 Å². The second-order valence-electron chi connectivity index (χ2n) is 4.56. The molecule has 0 atom stereocenters. The number of benzene rings is 1. The number of hydrogen-bond donors (Lipinski definition) is 0. The van der Waals surface area contributed by atoms with Crippen molar-refractivity contribution in [1.82, 2.24) is 4.90 Å². The third-order valence-electron chi connectivity index (χ3n) is 3.51. The Kier molecular flexibility index (Phi) is 2.35. The van der Waals surface area contributed by atoms with E-state index in [4.69, 9.17) is 4.74 Å². The second kappa shape index (κ2) is 3.85. The van der Waals surface area contributed by atoms with E-state index < -0.39 is 0 Å². The molecule has 0 aromatic heterocycles. The minimum absolute atomic E-state index is 0.828. The Morgan fingerprint density at radius 1 is 1.25 bits per heavy atom. The molecule has 1 aromatic carbocycles. The summed E-state index contributed by atoms with van der Waals surface area (Å²) >= 11 is 0. The Balaban J connectivity index is 1.86. The fraction of sp³-hybridized carbons (Fsp3) is 0.429. The molecule has 0 amide bonds. The zero-order valence-corrected chi connectivity index (χ0v) is 9.54. The maximum absolute atomic E-state index is 5.52. The van der Waals surface area contributed by atoms with Gasteiger partial charge in [-0.2, -0.15) is 0 Å². The largest absolute Gasteiger partial charge is 0.493 e. The van der Waals surface area contributed by atoms with E-state index >= 15 is 0 Å². The molecule has 1 aromatic rings. The summed E-state index contributed by atoms with van der Waals surface area (Å²) in [6, 6.07) is 6.45. The van der Waals surface area contributed by atoms with Gasteiger partial charge in [0.2, 0.25) is 0 Å². The molecule has 16 heavy (non-hydrogen) atoms. The van der Waals surface area contributed by atoms with Gasteiger partial charge in [-0.15, -0.1) is 0 Å². The highest BCUT2D eigenvalue weighted by molar-refractivity contribution is 5.64. The minimum atomic E-state index is 0.828. The van der Waals surface area contributed by atoms with Crippen molar-refractivity contribution in [2.75, 3.05) is 19.7 Å². The van der Waals surface area contributed by atoms with Crippen molar-refractivity contribution in [1.29, 1.82) is 0 Å². The molecule has 1 saturated heterocycles. The molecule has 2 aliphatic rings. The zero-order chi connectivity index (χ0) is 11.0. The van der Waals surface area contributed by atoms with Crippen molar-refractivity contribution in [3.05, 3.63) is 35.9 Å². The van der Waals surface area contributed by atoms with E-state index in [1.54, 1.807) is 0 Å². The van der Waals surface area contributed by atoms with E-state index in [1.165, 1.54) is 29.7 Å². The summed E-state index contributed by atoms with van der Waals surface area (Å²) in [5.74, 6) is 1.05. The maximum Gasteiger partial charge on any atom is 0.122 e. The predicted octanol–water partition coefficient (Wildman–Crippen LogP) is 2.69. The monoisotopic (exact) mass is 215 g/mol. The lowest BCUT2D eigenvalue weighted by Gasteiger charge is -2.20. The third-order valence-corrected chi connectivity index (χ3v) is 3.51. The highest BCUT2D eigenvalue weighted by Gasteiger charge is 2.17. The molecule has 0 unspecified atom stereocenters. The molecule has 0 saturated carbocycles. The molecular weight excluding hydrogens is 198 g/mol. The lowest BCUT2D eigenvalue weighted by atomic mass is 10.1. The minimum Gasteiger partial charge on any atom is -0.493 e. The Morgan fingerprint density at radius 3 is 2.88 bits per heavy atom. The van der Waals surface area contributed by atoms with Crippen LogP contribution in [0.1, 0.15) is 24.0 Å². The molecule has 2 aliphatic heterocycles. The van der Waals surface area contributed by atoms with Gasteiger partial charge in [0.15, 0.2) is 0 Å². The van der Waals surface area contributed by atoms with Crippen LogP contribution in [0.25, 0.3) is 5.70 Å². The van der Waals surface area contributed by atoms with Crippen LogP contribution in [0.3, 0.4) is 0 Å². The summed E-state index contributed by atoms with van der Waals surface area (Å²) in [6.07, 6.45) is 3.64. The van der Waals surface area contributed by atoms with Crippen molar-refractivity contribution >= 4 is 5.70 Å². The summed E-state index contributed by atoms with van der Waals surface area (Å²) in [6.45, 7) is 7.36. The predicted molar refractivity (Wildman–Crippen MR) is 65.5 cm³/mol. The van der Waals surface area contributed by atoms with Crippen LogP contribution in [-0.4, -0.2) is 24.6 Å². The summed E-state index contributed by atoms with van der Waals surface area (Å²) in [4.78, 5) is 2.39. The molecule has 0 N–H and O–H groups in total. The SMILES string of the molecule is C=C(c1ccc2c(c1)CCO2)N1CCCC1. The number of nitrogens with zero attached hydrogens (tertiary/aromatic N) is 1. The average Bonchev–Trinajstić information content (AvgIpc) is 2.98. The normalized spacial score (nSPS) is 18.4. The van der Waals surface area contributed by atoms with Crippen molar-refractivity contribution in [2.45, 2.75) is 19.3 Å². The smallest absolute Gasteiger partial charge is 0.122 e. The van der Waals surface area contributed by atoms with Crippen LogP contribution in [0.15, 0.2) is 24.8 Å². The first kappa shape index (κ1) is 9.76. The number of hydrogen-bond acceptors (Lipinski definition) is 2. The number of fused-ring (bicyclic) bond motifs is 1. The Hall–Kier alpha value is -1.44. The van der Waals surface area contributed by atoms with Crippen LogP contribution < -0.4 is 4.74 Å². The first-order valence-electron chi connectivity index (χ1n) is 6.04. The molecule has 0 spiro atoms. The van der Waals surface area contributed by atoms with E-state index in [2.05, 4.69) is 29.7 Å². The molecule has 0 bridgehead atoms. The van der Waals surface area contributed by atoms with Crippen molar-refractivity contribution < 1.29 is 4.74 Å². The van der Waals surface area contributed by atoms with Crippen molar-refractivity contribution in [3.63, 3.8) is 0 Å². The summed E-state index contributed by atoms with van der Waals surface area (Å²) in [5.41, 5.74) is 3.76. The third kappa shape index (κ3) is 1.58. The van der Waals surface area contributed by atoms with E-state index in [1.807, 2.05) is 0 Å². The molecule has 1 fully saturated rings. The molecule has 84 valence electrons. The molecule has 2 heterocycles. The fourth-order valence-electron chi connectivity index (χ4n) is 2.54. The van der Waals surface area contributed by atoms with Gasteiger partial charge in [-0.05, 0) is 42.2 Å². The fourth-order valence-corrected chi connectivity index (χ4v) is 2.54. The standard InChI is InChI=1S/C14H17NO/c1-11(15-7-2-3-8-15)12-4-5-14-13(10-12)6-9-16-14/h4-5,10H,1-3,6-9H2. The highest BCUT2D eigenvalue weighted by Crippen LogP contribution is 2.30. The lowest BCUT2D eigenvalue weighted by Crippen LogP contribution is -2.16. The van der Waals surface area contributed by atoms with Gasteiger partial charge in [-0.1, -0.05) is 6.58 Å². The quantitative estimate of drug-likeness (QED) is 0.752. The zero-order valence-electron chi connectivity index (χ0n) is 9.54. The molecular formula is C14H17NO. The first-order chi connectivity index (χ1) is 7.84. The topological polar surface area (TPSA) is 12.5 Å². The average molecular weight is 215 g/mol. The van der Waals surface area contributed by atoms with Crippen LogP contribution in [0.5, 0.6) is 5.75 Å². The van der Waals surface area contributed by atoms with Gasteiger partial charge in [0.1, 0.15) is 5.75 Å². The molecule has 0 aliphatic carbocycles. The Bertz CT molecular complexity index is 419. The first-order valence-corrected chi connectivity index (χ1v) is 6.04. The van der Waals surface area contributed by atoms with Gasteiger partial charge >= 0.3 is 0 Å². The van der Waals surface area contributed by atoms with Crippen LogP contribution in [0, 0.1) is 0 Å². The Labute approximate surface area is 96.5 Å². The van der Waals surface area contributed by atoms with Crippen LogP contribution in [-0.2, 0) is 6.42 Å². The summed E-state index contributed by atoms with van der Waals surface area (Å²) < 4.78 is 5.52. The summed E-state index contributed by atoms with van der Waals surface area (Å²) in [5, 5.41) is 0. The van der Waals surface area contributed by atoms with E-state index in [0.717, 1.165) is 31.9 Å². The van der Waals surface area contributed by atoms with Gasteiger partial charge in [0.05, 0.1) is 6.61 Å². The molecule has 0 radical (unpaired) electrons. The van der Waals surface area contributed by atoms with Gasteiger partial charge in [-0.25, -0.2) is 0 Å². The van der Waals surface area contributed by atoms with Gasteiger partial charge in [0.25, 0.3) is 0 Å². The number of likely N-dealkylation sites (tertiary alicyclic amines) is 1. The number of ether oxygens (including phenoxy) is 1. The lowest BCUT2D eigenvalue weighted by molar-refractivity contribution is 0.357. The van der Waals surface area contributed by atoms with Gasteiger partial charge in [-0.3, -0.25) is 0 Å². The molecule has 2 nitrogen and oxygen atoms in total. The molecule has 3 rings (SSSR count). The van der Waals surface area contributed by atoms with E-state index in [-0.39, 0.29) is 0 Å². The van der Waals surface area contributed by atoms with Crippen LogP contribution in [0.4, 0.5) is 0 Å². The maximum atomic E-state index is 5.52. The van der Waals surface area contributed by atoms with Crippen LogP contribution in [0.2, 0.25) is 0 Å². The number of rotatable bonds is 2. The van der Waals surface area contributed by atoms with E-state index in [0.29, 0.717) is 0 Å². The second-order valence-corrected chi connectivity index (χ2v) is 4.56. The highest BCUT2D eigenvalue weighted by atomic mass is 16.5. The van der Waals surface area contributed by atoms with Crippen molar-refractivity contribution in [3.8, 4) is 5.75 Å². The van der Waals surface area contributed by atoms with Gasteiger partial charge in [0, 0.05) is 25.2 Å². The summed E-state index contributed by atoms with van der Waals surface area (Å²) in [7, 11) is 0. The van der Waals surface area contributed by atoms with Gasteiger partial charge < -0.3 is 9.64 Å². The Morgan fingerprint density at radius 2 is 2.06 bits per heavy atom. The molecule has 2 heteroatoms. The van der Waals surface area contributed by atoms with Crippen LogP contribution >= 0.6 is 0 Å².